The molecule has 2 aromatic rings. The Kier molecular flexibility index (Phi) is 7.11. The molecule has 0 radical (unpaired) electrons. The van der Waals surface area contributed by atoms with Crippen molar-refractivity contribution in [3.63, 3.8) is 0 Å². The normalized spacial score (nSPS) is 20.4. The van der Waals surface area contributed by atoms with Crippen LogP contribution in [0.4, 0.5) is 4.39 Å². The first-order valence-electron chi connectivity index (χ1n) is 9.94. The summed E-state index contributed by atoms with van der Waals surface area (Å²) in [4.78, 5) is 2.55. The first kappa shape index (κ1) is 19.7. The second-order valence-corrected chi connectivity index (χ2v) is 7.35. The monoisotopic (exact) mass is 371 g/mol. The van der Waals surface area contributed by atoms with Gasteiger partial charge in [-0.3, -0.25) is 0 Å². The summed E-state index contributed by atoms with van der Waals surface area (Å²) in [5, 5.41) is 0. The largest absolute Gasteiger partial charge is 0.497 e. The molecular formula is C23H30FNO2. The van der Waals surface area contributed by atoms with Crippen LogP contribution in [-0.4, -0.2) is 38.3 Å². The standard InChI is InChI=1S/C23H30FNO2/c1-3-4-14-25-15-13-23(18-5-7-20(24)8-6-18)19(16-25)17-27-22-11-9-21(26-2)10-12-22/h5-12,19,23H,3-4,13-17H2,1-2H3/t19-,23-/m0/s1. The van der Waals surface area contributed by atoms with E-state index < -0.39 is 0 Å². The van der Waals surface area contributed by atoms with Gasteiger partial charge in [0, 0.05) is 12.5 Å². The third kappa shape index (κ3) is 5.46. The number of rotatable bonds is 8. The number of ether oxygens (including phenoxy) is 2. The predicted octanol–water partition coefficient (Wildman–Crippen LogP) is 5.12. The van der Waals surface area contributed by atoms with E-state index in [0.29, 0.717) is 18.4 Å². The zero-order valence-electron chi connectivity index (χ0n) is 16.4. The molecular weight excluding hydrogens is 341 g/mol. The number of hydrogen-bond donors (Lipinski definition) is 0. The van der Waals surface area contributed by atoms with E-state index in [1.807, 2.05) is 36.4 Å². The first-order chi connectivity index (χ1) is 13.2. The summed E-state index contributed by atoms with van der Waals surface area (Å²) >= 11 is 0. The molecule has 0 unspecified atom stereocenters. The molecule has 0 aromatic heterocycles. The molecule has 3 rings (SSSR count). The van der Waals surface area contributed by atoms with Gasteiger partial charge in [0.25, 0.3) is 0 Å². The van der Waals surface area contributed by atoms with Gasteiger partial charge >= 0.3 is 0 Å². The molecule has 0 aliphatic carbocycles. The van der Waals surface area contributed by atoms with E-state index >= 15 is 0 Å². The minimum Gasteiger partial charge on any atom is -0.497 e. The van der Waals surface area contributed by atoms with E-state index in [2.05, 4.69) is 11.8 Å². The average molecular weight is 371 g/mol. The van der Waals surface area contributed by atoms with Crippen LogP contribution in [0.1, 0.15) is 37.7 Å². The maximum atomic E-state index is 13.3. The van der Waals surface area contributed by atoms with Crippen molar-refractivity contribution >= 4 is 0 Å². The number of unbranched alkanes of at least 4 members (excludes halogenated alkanes) is 1. The Morgan fingerprint density at radius 3 is 2.41 bits per heavy atom. The summed E-state index contributed by atoms with van der Waals surface area (Å²) < 4.78 is 24.7. The molecule has 0 N–H and O–H groups in total. The van der Waals surface area contributed by atoms with Gasteiger partial charge in [-0.15, -0.1) is 0 Å². The summed E-state index contributed by atoms with van der Waals surface area (Å²) in [5.74, 6) is 2.31. The van der Waals surface area contributed by atoms with Gasteiger partial charge < -0.3 is 14.4 Å². The Morgan fingerprint density at radius 1 is 1.04 bits per heavy atom. The smallest absolute Gasteiger partial charge is 0.123 e. The molecule has 1 aliphatic rings. The molecule has 2 aromatic carbocycles. The molecule has 1 saturated heterocycles. The van der Waals surface area contributed by atoms with Crippen LogP contribution in [0.3, 0.4) is 0 Å². The lowest BCUT2D eigenvalue weighted by atomic mass is 9.80. The molecule has 0 amide bonds. The van der Waals surface area contributed by atoms with Crippen molar-refractivity contribution in [3.05, 3.63) is 59.9 Å². The average Bonchev–Trinajstić information content (AvgIpc) is 2.72. The second-order valence-electron chi connectivity index (χ2n) is 7.35. The number of piperidine rings is 1. The van der Waals surface area contributed by atoms with E-state index in [9.17, 15) is 4.39 Å². The van der Waals surface area contributed by atoms with Crippen LogP contribution in [0, 0.1) is 11.7 Å². The summed E-state index contributed by atoms with van der Waals surface area (Å²) in [6, 6.07) is 14.7. The van der Waals surface area contributed by atoms with Crippen molar-refractivity contribution < 1.29 is 13.9 Å². The number of halogens is 1. The van der Waals surface area contributed by atoms with Crippen LogP contribution in [0.2, 0.25) is 0 Å². The molecule has 0 spiro atoms. The first-order valence-corrected chi connectivity index (χ1v) is 9.94. The molecule has 3 nitrogen and oxygen atoms in total. The van der Waals surface area contributed by atoms with Crippen LogP contribution < -0.4 is 9.47 Å². The molecule has 1 fully saturated rings. The molecule has 0 bridgehead atoms. The lowest BCUT2D eigenvalue weighted by molar-refractivity contribution is 0.110. The number of nitrogens with zero attached hydrogens (tertiary/aromatic N) is 1. The molecule has 146 valence electrons. The molecule has 2 atom stereocenters. The lowest BCUT2D eigenvalue weighted by Crippen LogP contribution is -2.42. The van der Waals surface area contributed by atoms with Crippen molar-refractivity contribution in [3.8, 4) is 11.5 Å². The Morgan fingerprint density at radius 2 is 1.74 bits per heavy atom. The summed E-state index contributed by atoms with van der Waals surface area (Å²) in [6.07, 6.45) is 3.53. The highest BCUT2D eigenvalue weighted by Gasteiger charge is 2.30. The quantitative estimate of drug-likeness (QED) is 0.643. The fourth-order valence-corrected chi connectivity index (χ4v) is 3.89. The third-order valence-corrected chi connectivity index (χ3v) is 5.47. The van der Waals surface area contributed by atoms with E-state index in [1.54, 1.807) is 19.2 Å². The number of likely N-dealkylation sites (tertiary alicyclic amines) is 1. The fraction of sp³-hybridized carbons (Fsp3) is 0.478. The van der Waals surface area contributed by atoms with Gasteiger partial charge in [0.1, 0.15) is 17.3 Å². The maximum Gasteiger partial charge on any atom is 0.123 e. The Hall–Kier alpha value is -2.07. The number of hydrogen-bond acceptors (Lipinski definition) is 3. The molecule has 0 saturated carbocycles. The van der Waals surface area contributed by atoms with Gasteiger partial charge in [0.05, 0.1) is 13.7 Å². The zero-order chi connectivity index (χ0) is 19.1. The predicted molar refractivity (Wildman–Crippen MR) is 107 cm³/mol. The van der Waals surface area contributed by atoms with Crippen molar-refractivity contribution in [2.24, 2.45) is 5.92 Å². The van der Waals surface area contributed by atoms with E-state index in [0.717, 1.165) is 37.6 Å². The van der Waals surface area contributed by atoms with Crippen molar-refractivity contribution in [1.29, 1.82) is 0 Å². The van der Waals surface area contributed by atoms with Crippen LogP contribution in [0.25, 0.3) is 0 Å². The van der Waals surface area contributed by atoms with Gasteiger partial charge in [-0.2, -0.15) is 0 Å². The fourth-order valence-electron chi connectivity index (χ4n) is 3.89. The zero-order valence-corrected chi connectivity index (χ0v) is 16.4. The summed E-state index contributed by atoms with van der Waals surface area (Å²) in [7, 11) is 1.66. The Bertz CT molecular complexity index is 687. The Balaban J connectivity index is 1.68. The molecule has 1 heterocycles. The minimum atomic E-state index is -0.176. The number of methoxy groups -OCH3 is 1. The summed E-state index contributed by atoms with van der Waals surface area (Å²) in [6.45, 7) is 6.16. The van der Waals surface area contributed by atoms with Crippen LogP contribution in [-0.2, 0) is 0 Å². The van der Waals surface area contributed by atoms with Gasteiger partial charge in [-0.05, 0) is 73.8 Å². The lowest BCUT2D eigenvalue weighted by Gasteiger charge is -2.38. The van der Waals surface area contributed by atoms with Crippen molar-refractivity contribution in [2.45, 2.75) is 32.1 Å². The van der Waals surface area contributed by atoms with E-state index in [1.165, 1.54) is 18.4 Å². The van der Waals surface area contributed by atoms with E-state index in [4.69, 9.17) is 9.47 Å². The third-order valence-electron chi connectivity index (χ3n) is 5.47. The minimum absolute atomic E-state index is 0.176. The second kappa shape index (κ2) is 9.75. The Labute approximate surface area is 162 Å². The number of benzene rings is 2. The van der Waals surface area contributed by atoms with Crippen LogP contribution >= 0.6 is 0 Å². The van der Waals surface area contributed by atoms with E-state index in [-0.39, 0.29) is 5.82 Å². The van der Waals surface area contributed by atoms with Crippen LogP contribution in [0.15, 0.2) is 48.5 Å². The molecule has 4 heteroatoms. The topological polar surface area (TPSA) is 21.7 Å². The van der Waals surface area contributed by atoms with Crippen molar-refractivity contribution in [1.82, 2.24) is 4.90 Å². The molecule has 27 heavy (non-hydrogen) atoms. The van der Waals surface area contributed by atoms with Gasteiger partial charge in [-0.1, -0.05) is 25.5 Å². The van der Waals surface area contributed by atoms with Crippen molar-refractivity contribution in [2.75, 3.05) is 33.4 Å². The van der Waals surface area contributed by atoms with Gasteiger partial charge in [0.15, 0.2) is 0 Å². The van der Waals surface area contributed by atoms with Crippen LogP contribution in [0.5, 0.6) is 11.5 Å². The SMILES string of the molecule is CCCCN1CC[C@@H](c2ccc(F)cc2)[C@H](COc2ccc(OC)cc2)C1. The highest BCUT2D eigenvalue weighted by Crippen LogP contribution is 2.34. The molecule has 1 aliphatic heterocycles. The highest BCUT2D eigenvalue weighted by molar-refractivity contribution is 5.31. The maximum absolute atomic E-state index is 13.3. The van der Waals surface area contributed by atoms with Gasteiger partial charge in [0.2, 0.25) is 0 Å². The van der Waals surface area contributed by atoms with Gasteiger partial charge in [-0.25, -0.2) is 4.39 Å². The highest BCUT2D eigenvalue weighted by atomic mass is 19.1. The summed E-state index contributed by atoms with van der Waals surface area (Å²) in [5.41, 5.74) is 1.22.